The largest absolute Gasteiger partial charge is 0.423 e. The van der Waals surface area contributed by atoms with Crippen LogP contribution in [0.2, 0.25) is 25.2 Å². The molecule has 0 aliphatic rings. The molecule has 0 aliphatic heterocycles. The van der Waals surface area contributed by atoms with Crippen molar-refractivity contribution in [3.05, 3.63) is 0 Å². The molecule has 3 radical (unpaired) electrons. The molecule has 0 spiro atoms. The molecular formula is C9H23O4Si4. The van der Waals surface area contributed by atoms with Gasteiger partial charge in [-0.15, -0.1) is 0 Å². The molecule has 0 aromatic heterocycles. The van der Waals surface area contributed by atoms with Crippen molar-refractivity contribution in [2.45, 2.75) is 51.4 Å². The van der Waals surface area contributed by atoms with Crippen molar-refractivity contribution >= 4 is 35.8 Å². The maximum Gasteiger partial charge on any atom is 0.423 e. The van der Waals surface area contributed by atoms with Crippen molar-refractivity contribution in [2.75, 3.05) is 6.61 Å². The minimum absolute atomic E-state index is 0.0258. The normalized spacial score (nSPS) is 16.5. The second-order valence-corrected chi connectivity index (χ2v) is 15.7. The molecule has 0 aromatic rings. The van der Waals surface area contributed by atoms with Crippen LogP contribution >= 0.6 is 0 Å². The fraction of sp³-hybridized carbons (Fsp3) is 1.00. The molecule has 2 unspecified atom stereocenters. The van der Waals surface area contributed by atoms with E-state index in [2.05, 4.69) is 13.5 Å². The Hall–Kier alpha value is 0.548. The molecule has 17 heavy (non-hydrogen) atoms. The Balaban J connectivity index is 3.46. The highest BCUT2D eigenvalue weighted by Crippen LogP contribution is 2.17. The highest BCUT2D eigenvalue weighted by molar-refractivity contribution is 7.19. The molecule has 0 saturated heterocycles. The third kappa shape index (κ3) is 10.2. The van der Waals surface area contributed by atoms with Gasteiger partial charge in [-0.3, -0.25) is 0 Å². The van der Waals surface area contributed by atoms with Gasteiger partial charge in [0.2, 0.25) is 0 Å². The summed E-state index contributed by atoms with van der Waals surface area (Å²) in [5, 5.41) is 0. The standard InChI is InChI=1S/C9H23O4Si4/c1-4-8-17(3,14-10)9-6-5-7-12-15-13-16(2)11/h11,16H,4-9H2,1-3H3. The van der Waals surface area contributed by atoms with E-state index in [9.17, 15) is 4.46 Å². The lowest BCUT2D eigenvalue weighted by molar-refractivity contribution is 0.271. The minimum atomic E-state index is -1.92. The van der Waals surface area contributed by atoms with Crippen LogP contribution in [0.25, 0.3) is 0 Å². The molecule has 0 bridgehead atoms. The molecule has 0 fully saturated rings. The molecule has 0 aliphatic carbocycles. The summed E-state index contributed by atoms with van der Waals surface area (Å²) in [5.41, 5.74) is 0. The third-order valence-electron chi connectivity index (χ3n) is 2.55. The topological polar surface area (TPSA) is 55.8 Å². The number of unbranched alkanes of at least 4 members (excludes halogenated alkanes) is 1. The van der Waals surface area contributed by atoms with E-state index in [1.165, 1.54) is 0 Å². The minimum Gasteiger partial charge on any atom is -0.415 e. The Bertz CT molecular complexity index is 205. The van der Waals surface area contributed by atoms with Crippen molar-refractivity contribution in [1.29, 1.82) is 0 Å². The first-order valence-corrected chi connectivity index (χ1v) is 13.9. The Labute approximate surface area is 112 Å². The molecule has 2 atom stereocenters. The van der Waals surface area contributed by atoms with E-state index in [1.54, 1.807) is 6.55 Å². The van der Waals surface area contributed by atoms with Crippen molar-refractivity contribution in [3.8, 4) is 0 Å². The molecule has 99 valence electrons. The lowest BCUT2D eigenvalue weighted by Crippen LogP contribution is -2.33. The van der Waals surface area contributed by atoms with Crippen LogP contribution in [-0.2, 0) is 13.0 Å². The summed E-state index contributed by atoms with van der Waals surface area (Å²) in [4.78, 5) is 8.97. The van der Waals surface area contributed by atoms with Crippen LogP contribution in [0.1, 0.15) is 26.2 Å². The Kier molecular flexibility index (Phi) is 10.8. The van der Waals surface area contributed by atoms with E-state index in [0.29, 0.717) is 6.61 Å². The lowest BCUT2D eigenvalue weighted by atomic mass is 10.4. The van der Waals surface area contributed by atoms with Gasteiger partial charge in [-0.25, -0.2) is 0 Å². The fourth-order valence-electron chi connectivity index (χ4n) is 1.61. The summed E-state index contributed by atoms with van der Waals surface area (Å²) in [6.45, 7) is 6.77. The second-order valence-electron chi connectivity index (χ2n) is 4.52. The predicted octanol–water partition coefficient (Wildman–Crippen LogP) is 1.21. The van der Waals surface area contributed by atoms with E-state index in [-0.39, 0.29) is 18.9 Å². The van der Waals surface area contributed by atoms with E-state index in [0.717, 1.165) is 31.4 Å². The zero-order chi connectivity index (χ0) is 13.1. The zero-order valence-electron chi connectivity index (χ0n) is 11.0. The molecule has 0 amide bonds. The van der Waals surface area contributed by atoms with Gasteiger partial charge in [0.15, 0.2) is 0 Å². The average molecular weight is 308 g/mol. The summed E-state index contributed by atoms with van der Waals surface area (Å²) in [6.07, 6.45) is 3.23. The van der Waals surface area contributed by atoms with Gasteiger partial charge < -0.3 is 17.8 Å². The molecule has 1 N–H and O–H groups in total. The summed E-state index contributed by atoms with van der Waals surface area (Å²) in [7, 11) is -3.48. The Morgan fingerprint density at radius 3 is 2.59 bits per heavy atom. The highest BCUT2D eigenvalue weighted by atomic mass is 29.2. The molecule has 0 rings (SSSR count). The average Bonchev–Trinajstić information content (AvgIpc) is 2.28. The number of hydrogen-bond donors (Lipinski definition) is 1. The van der Waals surface area contributed by atoms with E-state index >= 15 is 0 Å². The van der Waals surface area contributed by atoms with Crippen LogP contribution in [0, 0.1) is 0 Å². The summed E-state index contributed by atoms with van der Waals surface area (Å²) >= 11 is 0. The Morgan fingerprint density at radius 1 is 1.35 bits per heavy atom. The lowest BCUT2D eigenvalue weighted by Gasteiger charge is -2.18. The summed E-state index contributed by atoms with van der Waals surface area (Å²) in [6, 6.07) is 2.29. The maximum absolute atomic E-state index is 11.2. The first-order valence-electron chi connectivity index (χ1n) is 6.14. The van der Waals surface area contributed by atoms with Gasteiger partial charge in [0.1, 0.15) is 7.59 Å². The summed E-state index contributed by atoms with van der Waals surface area (Å²) in [5.74, 6) is 0. The van der Waals surface area contributed by atoms with Crippen LogP contribution in [0.4, 0.5) is 0 Å². The predicted molar refractivity (Wildman–Crippen MR) is 75.2 cm³/mol. The second kappa shape index (κ2) is 10.5. The van der Waals surface area contributed by atoms with E-state index in [1.807, 2.05) is 0 Å². The number of hydrogen-bond acceptors (Lipinski definition) is 4. The molecule has 0 aromatic carbocycles. The van der Waals surface area contributed by atoms with Crippen LogP contribution in [0.5, 0.6) is 0 Å². The SMILES string of the molecule is CCC[Si](C)(CCCCO[Si]O[SiH](C)O)[Si]=O. The van der Waals surface area contributed by atoms with Crippen LogP contribution < -0.4 is 0 Å². The van der Waals surface area contributed by atoms with E-state index < -0.39 is 16.9 Å². The van der Waals surface area contributed by atoms with Crippen LogP contribution in [0.15, 0.2) is 0 Å². The first kappa shape index (κ1) is 17.5. The molecule has 4 nitrogen and oxygen atoms in total. The third-order valence-corrected chi connectivity index (χ3v) is 11.2. The first-order chi connectivity index (χ1) is 8.04. The van der Waals surface area contributed by atoms with Crippen molar-refractivity contribution in [2.24, 2.45) is 0 Å². The van der Waals surface area contributed by atoms with Gasteiger partial charge in [-0.2, -0.15) is 0 Å². The molecule has 8 heteroatoms. The monoisotopic (exact) mass is 307 g/mol. The van der Waals surface area contributed by atoms with Crippen molar-refractivity contribution in [1.82, 2.24) is 0 Å². The molecule has 0 heterocycles. The fourth-order valence-corrected chi connectivity index (χ4v) is 7.15. The van der Waals surface area contributed by atoms with E-state index in [4.69, 9.17) is 13.3 Å². The van der Waals surface area contributed by atoms with Gasteiger partial charge >= 0.3 is 28.2 Å². The van der Waals surface area contributed by atoms with Gasteiger partial charge in [-0.05, 0) is 13.0 Å². The Morgan fingerprint density at radius 2 is 2.06 bits per heavy atom. The summed E-state index contributed by atoms with van der Waals surface area (Å²) < 4.78 is 21.5. The van der Waals surface area contributed by atoms with Gasteiger partial charge in [0.05, 0.1) is 0 Å². The number of rotatable bonds is 11. The van der Waals surface area contributed by atoms with Gasteiger partial charge in [0.25, 0.3) is 0 Å². The highest BCUT2D eigenvalue weighted by Gasteiger charge is 2.26. The van der Waals surface area contributed by atoms with Crippen molar-refractivity contribution in [3.63, 3.8) is 0 Å². The van der Waals surface area contributed by atoms with Gasteiger partial charge in [-0.1, -0.05) is 38.4 Å². The molecule has 0 saturated carbocycles. The van der Waals surface area contributed by atoms with Crippen LogP contribution in [-0.4, -0.2) is 47.2 Å². The smallest absolute Gasteiger partial charge is 0.415 e. The maximum atomic E-state index is 11.2. The van der Waals surface area contributed by atoms with Crippen molar-refractivity contribution < 1.29 is 17.8 Å². The van der Waals surface area contributed by atoms with Gasteiger partial charge in [0, 0.05) is 6.61 Å². The molecular weight excluding hydrogens is 284 g/mol. The van der Waals surface area contributed by atoms with Crippen LogP contribution in [0.3, 0.4) is 0 Å². The zero-order valence-corrected chi connectivity index (χ0v) is 15.1. The quantitative estimate of drug-likeness (QED) is 0.460.